The fourth-order valence-corrected chi connectivity index (χ4v) is 4.74. The molecular weight excluding hydrogens is 552 g/mol. The SMILES string of the molecule is CC(=O)OC[C@H]1O[C@@H](Oc2ccc3c(-c4ccccc4)cc(=O)oc3c2C)[C@H](OC(C)=O)[C@@H](OC(C)=O)[C@@H]1OC(C)=O. The number of rotatable bonds is 8. The molecule has 1 aliphatic heterocycles. The van der Waals surface area contributed by atoms with E-state index in [1.807, 2.05) is 30.3 Å². The lowest BCUT2D eigenvalue weighted by Gasteiger charge is -2.44. The number of hydrogen-bond acceptors (Lipinski definition) is 12. The minimum Gasteiger partial charge on any atom is -0.463 e. The lowest BCUT2D eigenvalue weighted by Crippen LogP contribution is -2.63. The smallest absolute Gasteiger partial charge is 0.336 e. The van der Waals surface area contributed by atoms with Crippen molar-refractivity contribution in [3.05, 3.63) is 64.5 Å². The third-order valence-electron chi connectivity index (χ3n) is 6.39. The Morgan fingerprint density at radius 3 is 2.02 bits per heavy atom. The van der Waals surface area contributed by atoms with Crippen LogP contribution < -0.4 is 10.4 Å². The zero-order chi connectivity index (χ0) is 30.6. The molecule has 1 aliphatic rings. The van der Waals surface area contributed by atoms with Crippen LogP contribution in [0.15, 0.2) is 57.7 Å². The molecule has 12 nitrogen and oxygen atoms in total. The molecule has 0 amide bonds. The average Bonchev–Trinajstić information content (AvgIpc) is 2.92. The third kappa shape index (κ3) is 6.95. The van der Waals surface area contributed by atoms with E-state index in [0.29, 0.717) is 16.5 Å². The Morgan fingerprint density at radius 2 is 1.40 bits per heavy atom. The predicted molar refractivity (Wildman–Crippen MR) is 145 cm³/mol. The highest BCUT2D eigenvalue weighted by atomic mass is 16.7. The number of fused-ring (bicyclic) bond motifs is 1. The van der Waals surface area contributed by atoms with Gasteiger partial charge < -0.3 is 32.8 Å². The number of carbonyl (C=O) groups excluding carboxylic acids is 4. The number of hydrogen-bond donors (Lipinski definition) is 0. The van der Waals surface area contributed by atoms with Crippen molar-refractivity contribution in [2.45, 2.75) is 65.3 Å². The van der Waals surface area contributed by atoms with Crippen molar-refractivity contribution in [1.82, 2.24) is 0 Å². The van der Waals surface area contributed by atoms with Crippen molar-refractivity contribution in [1.29, 1.82) is 0 Å². The number of ether oxygens (including phenoxy) is 6. The molecule has 1 aromatic heterocycles. The van der Waals surface area contributed by atoms with Crippen LogP contribution in [0.3, 0.4) is 0 Å². The molecule has 0 N–H and O–H groups in total. The van der Waals surface area contributed by atoms with E-state index in [4.69, 9.17) is 32.8 Å². The molecule has 0 saturated carbocycles. The zero-order valence-electron chi connectivity index (χ0n) is 23.6. The van der Waals surface area contributed by atoms with Crippen LogP contribution in [0.4, 0.5) is 0 Å². The van der Waals surface area contributed by atoms with Gasteiger partial charge in [-0.25, -0.2) is 4.79 Å². The molecule has 12 heteroatoms. The van der Waals surface area contributed by atoms with E-state index < -0.39 is 66.8 Å². The molecule has 42 heavy (non-hydrogen) atoms. The Hall–Kier alpha value is -4.71. The van der Waals surface area contributed by atoms with E-state index in [-0.39, 0.29) is 11.3 Å². The van der Waals surface area contributed by atoms with E-state index in [9.17, 15) is 24.0 Å². The Balaban J connectivity index is 1.78. The van der Waals surface area contributed by atoms with Gasteiger partial charge in [-0.1, -0.05) is 30.3 Å². The second kappa shape index (κ2) is 12.9. The number of carbonyl (C=O) groups is 4. The first-order valence-electron chi connectivity index (χ1n) is 13.0. The van der Waals surface area contributed by atoms with Gasteiger partial charge in [-0.3, -0.25) is 19.2 Å². The Labute approximate surface area is 240 Å². The van der Waals surface area contributed by atoms with Gasteiger partial charge in [0.1, 0.15) is 24.0 Å². The van der Waals surface area contributed by atoms with E-state index >= 15 is 0 Å². The minimum atomic E-state index is -1.44. The predicted octanol–water partition coefficient (Wildman–Crippen LogP) is 3.23. The largest absolute Gasteiger partial charge is 0.463 e. The first-order valence-corrected chi connectivity index (χ1v) is 13.0. The maximum absolute atomic E-state index is 12.5. The molecule has 2 heterocycles. The Bertz CT molecular complexity index is 1540. The van der Waals surface area contributed by atoms with Gasteiger partial charge >= 0.3 is 29.5 Å². The van der Waals surface area contributed by atoms with Crippen LogP contribution >= 0.6 is 0 Å². The summed E-state index contributed by atoms with van der Waals surface area (Å²) in [5, 5.41) is 0.646. The highest BCUT2D eigenvalue weighted by molar-refractivity contribution is 5.95. The Morgan fingerprint density at radius 1 is 0.786 bits per heavy atom. The van der Waals surface area contributed by atoms with Crippen molar-refractivity contribution >= 4 is 34.8 Å². The van der Waals surface area contributed by atoms with Crippen molar-refractivity contribution in [2.75, 3.05) is 6.61 Å². The minimum absolute atomic E-state index is 0.191. The fraction of sp³-hybridized carbons (Fsp3) is 0.367. The molecule has 5 atom stereocenters. The summed E-state index contributed by atoms with van der Waals surface area (Å²) in [4.78, 5) is 60.3. The van der Waals surface area contributed by atoms with Crippen LogP contribution in [0.25, 0.3) is 22.1 Å². The first kappa shape index (κ1) is 30.3. The molecule has 0 unspecified atom stereocenters. The molecule has 0 spiro atoms. The molecule has 3 aromatic rings. The normalized spacial score (nSPS) is 21.7. The maximum Gasteiger partial charge on any atom is 0.336 e. The number of esters is 4. The van der Waals surface area contributed by atoms with Gasteiger partial charge in [0.05, 0.1) is 0 Å². The highest BCUT2D eigenvalue weighted by Crippen LogP contribution is 2.36. The maximum atomic E-state index is 12.5. The van der Waals surface area contributed by atoms with Gasteiger partial charge in [-0.15, -0.1) is 0 Å². The second-order valence-corrected chi connectivity index (χ2v) is 9.60. The third-order valence-corrected chi connectivity index (χ3v) is 6.39. The lowest BCUT2D eigenvalue weighted by atomic mass is 9.97. The molecule has 2 aromatic carbocycles. The summed E-state index contributed by atoms with van der Waals surface area (Å²) in [6.07, 6.45) is -6.74. The van der Waals surface area contributed by atoms with E-state index in [1.54, 1.807) is 19.1 Å². The van der Waals surface area contributed by atoms with Gasteiger partial charge in [0, 0.05) is 44.7 Å². The van der Waals surface area contributed by atoms with Crippen LogP contribution in [0, 0.1) is 6.92 Å². The quantitative estimate of drug-likeness (QED) is 0.218. The molecule has 222 valence electrons. The van der Waals surface area contributed by atoms with Crippen LogP contribution in [0.5, 0.6) is 5.75 Å². The average molecular weight is 583 g/mol. The van der Waals surface area contributed by atoms with Gasteiger partial charge in [0.15, 0.2) is 12.2 Å². The van der Waals surface area contributed by atoms with Crippen LogP contribution in [-0.2, 0) is 42.9 Å². The summed E-state index contributed by atoms with van der Waals surface area (Å²) in [6.45, 7) is 5.84. The molecule has 4 rings (SSSR count). The Kier molecular flexibility index (Phi) is 9.26. The standard InChI is InChI=1S/C30H30O12/c1-15-23(12-11-21-22(13-25(35)42-26(15)21)20-9-7-6-8-10-20)40-30-29(39-19(5)34)28(38-18(4)33)27(37-17(3)32)24(41-30)14-36-16(2)31/h6-13,24,27-30H,14H2,1-5H3/t24-,27-,28+,29-,30-/m1/s1. The summed E-state index contributed by atoms with van der Waals surface area (Å²) in [7, 11) is 0. The topological polar surface area (TPSA) is 154 Å². The number of benzene rings is 2. The van der Waals surface area contributed by atoms with E-state index in [2.05, 4.69) is 0 Å². The first-order chi connectivity index (χ1) is 19.9. The van der Waals surface area contributed by atoms with E-state index in [1.165, 1.54) is 13.0 Å². The van der Waals surface area contributed by atoms with Gasteiger partial charge in [-0.05, 0) is 30.2 Å². The van der Waals surface area contributed by atoms with Crippen molar-refractivity contribution in [2.24, 2.45) is 0 Å². The van der Waals surface area contributed by atoms with E-state index in [0.717, 1.165) is 26.3 Å². The van der Waals surface area contributed by atoms with Crippen LogP contribution in [0.1, 0.15) is 33.3 Å². The highest BCUT2D eigenvalue weighted by Gasteiger charge is 2.53. The van der Waals surface area contributed by atoms with Crippen molar-refractivity contribution < 1.29 is 52.0 Å². The van der Waals surface area contributed by atoms with Crippen molar-refractivity contribution in [3.63, 3.8) is 0 Å². The second-order valence-electron chi connectivity index (χ2n) is 9.60. The lowest BCUT2D eigenvalue weighted by molar-refractivity contribution is -0.288. The van der Waals surface area contributed by atoms with Crippen LogP contribution in [-0.4, -0.2) is 61.2 Å². The van der Waals surface area contributed by atoms with Gasteiger partial charge in [0.25, 0.3) is 0 Å². The molecule has 0 bridgehead atoms. The zero-order valence-corrected chi connectivity index (χ0v) is 23.6. The summed E-state index contributed by atoms with van der Waals surface area (Å²) in [6, 6.07) is 14.0. The number of aryl methyl sites for hydroxylation is 1. The summed E-state index contributed by atoms with van der Waals surface area (Å²) in [5.74, 6) is -2.72. The molecular formula is C30H30O12. The summed E-state index contributed by atoms with van der Waals surface area (Å²) < 4.78 is 39.1. The molecule has 0 radical (unpaired) electrons. The summed E-state index contributed by atoms with van der Waals surface area (Å²) in [5.41, 5.74) is 1.57. The van der Waals surface area contributed by atoms with Crippen molar-refractivity contribution in [3.8, 4) is 16.9 Å². The van der Waals surface area contributed by atoms with Crippen LogP contribution in [0.2, 0.25) is 0 Å². The summed E-state index contributed by atoms with van der Waals surface area (Å²) >= 11 is 0. The molecule has 1 saturated heterocycles. The van der Waals surface area contributed by atoms with Gasteiger partial charge in [0.2, 0.25) is 12.4 Å². The fourth-order valence-electron chi connectivity index (χ4n) is 4.74. The van der Waals surface area contributed by atoms with Gasteiger partial charge in [-0.2, -0.15) is 0 Å². The molecule has 0 aliphatic carbocycles. The molecule has 1 fully saturated rings. The monoisotopic (exact) mass is 582 g/mol.